The van der Waals surface area contributed by atoms with Gasteiger partial charge in [-0.15, -0.1) is 0 Å². The minimum absolute atomic E-state index is 0.534. The molecule has 1 saturated carbocycles. The van der Waals surface area contributed by atoms with Gasteiger partial charge in [0, 0.05) is 11.3 Å². The molecule has 0 aliphatic heterocycles. The molecule has 1 atom stereocenters. The molecule has 2 rings (SSSR count). The molecular formula is C13H17N3O4. The zero-order chi connectivity index (χ0) is 14.8. The smallest absolute Gasteiger partial charge is 0.328 e. The molecule has 108 valence electrons. The summed E-state index contributed by atoms with van der Waals surface area (Å²) < 4.78 is 0. The Balaban J connectivity index is 2.05. The Hall–Kier alpha value is -2.28. The van der Waals surface area contributed by atoms with E-state index in [9.17, 15) is 9.59 Å². The summed E-state index contributed by atoms with van der Waals surface area (Å²) in [5.41, 5.74) is 6.77. The Morgan fingerprint density at radius 3 is 2.50 bits per heavy atom. The molecule has 1 unspecified atom stereocenters. The summed E-state index contributed by atoms with van der Waals surface area (Å²) in [4.78, 5) is 22.6. The van der Waals surface area contributed by atoms with Crippen LogP contribution >= 0.6 is 0 Å². The van der Waals surface area contributed by atoms with E-state index in [4.69, 9.17) is 15.9 Å². The fraction of sp³-hybridized carbons (Fsp3) is 0.385. The first-order valence-corrected chi connectivity index (χ1v) is 6.26. The van der Waals surface area contributed by atoms with Crippen LogP contribution in [0.3, 0.4) is 0 Å². The number of carboxylic acids is 1. The lowest BCUT2D eigenvalue weighted by atomic mass is 10.0. The maximum Gasteiger partial charge on any atom is 0.328 e. The molecule has 0 heterocycles. The van der Waals surface area contributed by atoms with E-state index in [0.717, 1.165) is 18.4 Å². The highest BCUT2D eigenvalue weighted by atomic mass is 16.4. The van der Waals surface area contributed by atoms with Crippen LogP contribution < -0.4 is 16.4 Å². The Labute approximate surface area is 115 Å². The summed E-state index contributed by atoms with van der Waals surface area (Å²) in [6.45, 7) is -0.663. The third-order valence-electron chi connectivity index (χ3n) is 3.37. The SMILES string of the molecule is Nc1ccccc1C1(NC(=O)NC(CO)C(=O)O)CC1. The van der Waals surface area contributed by atoms with E-state index >= 15 is 0 Å². The number of aliphatic hydroxyl groups is 1. The number of hydrogen-bond acceptors (Lipinski definition) is 4. The molecule has 6 N–H and O–H groups in total. The van der Waals surface area contributed by atoms with Gasteiger partial charge in [-0.1, -0.05) is 18.2 Å². The Morgan fingerprint density at radius 2 is 2.00 bits per heavy atom. The van der Waals surface area contributed by atoms with E-state index in [1.807, 2.05) is 12.1 Å². The molecule has 0 spiro atoms. The standard InChI is InChI=1S/C13H17N3O4/c14-9-4-2-1-3-8(9)13(5-6-13)16-12(20)15-10(7-17)11(18)19/h1-4,10,17H,5-7,14H2,(H,18,19)(H2,15,16,20). The Kier molecular flexibility index (Phi) is 3.80. The van der Waals surface area contributed by atoms with Crippen LogP contribution in [0.1, 0.15) is 18.4 Å². The van der Waals surface area contributed by atoms with Crippen molar-refractivity contribution in [1.82, 2.24) is 10.6 Å². The number of nitrogens with one attached hydrogen (secondary N) is 2. The summed E-state index contributed by atoms with van der Waals surface area (Å²) in [5, 5.41) is 22.6. The number of urea groups is 1. The monoisotopic (exact) mass is 279 g/mol. The van der Waals surface area contributed by atoms with Crippen LogP contribution in [0.15, 0.2) is 24.3 Å². The molecule has 0 radical (unpaired) electrons. The topological polar surface area (TPSA) is 125 Å². The molecule has 7 nitrogen and oxygen atoms in total. The number of amides is 2. The number of aliphatic carboxylic acids is 1. The van der Waals surface area contributed by atoms with Gasteiger partial charge >= 0.3 is 12.0 Å². The number of para-hydroxylation sites is 1. The average molecular weight is 279 g/mol. The summed E-state index contributed by atoms with van der Waals surface area (Å²) >= 11 is 0. The lowest BCUT2D eigenvalue weighted by molar-refractivity contribution is -0.140. The number of carbonyl (C=O) groups is 2. The van der Waals surface area contributed by atoms with Gasteiger partial charge in [0.05, 0.1) is 12.1 Å². The molecule has 1 aromatic rings. The normalized spacial score (nSPS) is 17.1. The second kappa shape index (κ2) is 5.38. The third-order valence-corrected chi connectivity index (χ3v) is 3.37. The first-order chi connectivity index (χ1) is 9.48. The largest absolute Gasteiger partial charge is 0.480 e. The van der Waals surface area contributed by atoms with Crippen molar-refractivity contribution in [3.63, 3.8) is 0 Å². The minimum Gasteiger partial charge on any atom is -0.480 e. The number of nitrogen functional groups attached to an aromatic ring is 1. The molecule has 0 aromatic heterocycles. The van der Waals surface area contributed by atoms with Crippen molar-refractivity contribution < 1.29 is 19.8 Å². The number of anilines is 1. The van der Waals surface area contributed by atoms with Crippen LogP contribution in [-0.2, 0) is 10.3 Å². The zero-order valence-electron chi connectivity index (χ0n) is 10.8. The number of carboxylic acid groups (broad SMARTS) is 1. The van der Waals surface area contributed by atoms with Crippen molar-refractivity contribution >= 4 is 17.7 Å². The van der Waals surface area contributed by atoms with E-state index in [1.165, 1.54) is 0 Å². The number of aliphatic hydroxyl groups excluding tert-OH is 1. The van der Waals surface area contributed by atoms with Crippen molar-refractivity contribution in [2.75, 3.05) is 12.3 Å². The fourth-order valence-electron chi connectivity index (χ4n) is 2.12. The molecule has 1 aliphatic rings. The minimum atomic E-state index is -1.32. The first-order valence-electron chi connectivity index (χ1n) is 6.26. The van der Waals surface area contributed by atoms with Gasteiger partial charge in [0.2, 0.25) is 0 Å². The highest BCUT2D eigenvalue weighted by Crippen LogP contribution is 2.47. The van der Waals surface area contributed by atoms with Crippen LogP contribution in [0.25, 0.3) is 0 Å². The highest BCUT2D eigenvalue weighted by molar-refractivity contribution is 5.83. The first kappa shape index (κ1) is 14.1. The van der Waals surface area contributed by atoms with Gasteiger partial charge in [-0.2, -0.15) is 0 Å². The van der Waals surface area contributed by atoms with Crippen molar-refractivity contribution in [2.45, 2.75) is 24.4 Å². The quantitative estimate of drug-likeness (QED) is 0.485. The van der Waals surface area contributed by atoms with Gasteiger partial charge < -0.3 is 26.6 Å². The maximum atomic E-state index is 11.8. The van der Waals surface area contributed by atoms with Crippen molar-refractivity contribution in [2.24, 2.45) is 0 Å². The van der Waals surface area contributed by atoms with Crippen LogP contribution in [0.5, 0.6) is 0 Å². The van der Waals surface area contributed by atoms with E-state index in [1.54, 1.807) is 12.1 Å². The summed E-state index contributed by atoms with van der Waals surface area (Å²) in [6.07, 6.45) is 1.48. The van der Waals surface area contributed by atoms with E-state index in [0.29, 0.717) is 5.69 Å². The molecule has 1 aromatic carbocycles. The molecule has 2 amide bonds. The third kappa shape index (κ3) is 2.83. The summed E-state index contributed by atoms with van der Waals surface area (Å²) in [7, 11) is 0. The maximum absolute atomic E-state index is 11.8. The number of hydrogen-bond donors (Lipinski definition) is 5. The molecule has 0 bridgehead atoms. The second-order valence-corrected chi connectivity index (χ2v) is 4.84. The van der Waals surface area contributed by atoms with Crippen LogP contribution in [-0.4, -0.2) is 34.9 Å². The van der Waals surface area contributed by atoms with Crippen LogP contribution in [0, 0.1) is 0 Å². The van der Waals surface area contributed by atoms with Crippen molar-refractivity contribution in [1.29, 1.82) is 0 Å². The van der Waals surface area contributed by atoms with E-state index in [2.05, 4.69) is 10.6 Å². The molecular weight excluding hydrogens is 262 g/mol. The van der Waals surface area contributed by atoms with Crippen LogP contribution in [0.4, 0.5) is 10.5 Å². The van der Waals surface area contributed by atoms with Gasteiger partial charge in [0.25, 0.3) is 0 Å². The molecule has 1 fully saturated rings. The van der Waals surface area contributed by atoms with Crippen molar-refractivity contribution in [3.05, 3.63) is 29.8 Å². The predicted molar refractivity (Wildman–Crippen MR) is 71.9 cm³/mol. The van der Waals surface area contributed by atoms with Gasteiger partial charge in [-0.05, 0) is 18.9 Å². The number of rotatable bonds is 5. The van der Waals surface area contributed by atoms with E-state index in [-0.39, 0.29) is 0 Å². The number of benzene rings is 1. The second-order valence-electron chi connectivity index (χ2n) is 4.84. The number of carbonyl (C=O) groups excluding carboxylic acids is 1. The molecule has 1 aliphatic carbocycles. The molecule has 20 heavy (non-hydrogen) atoms. The molecule has 7 heteroatoms. The van der Waals surface area contributed by atoms with Crippen LogP contribution in [0.2, 0.25) is 0 Å². The summed E-state index contributed by atoms with van der Waals surface area (Å²) in [6, 6.07) is 5.28. The average Bonchev–Trinajstić information content (AvgIpc) is 3.16. The molecule has 0 saturated heterocycles. The lowest BCUT2D eigenvalue weighted by Crippen LogP contribution is -2.50. The van der Waals surface area contributed by atoms with Crippen molar-refractivity contribution in [3.8, 4) is 0 Å². The fourth-order valence-corrected chi connectivity index (χ4v) is 2.12. The lowest BCUT2D eigenvalue weighted by Gasteiger charge is -2.21. The Morgan fingerprint density at radius 1 is 1.35 bits per heavy atom. The number of nitrogens with two attached hydrogens (primary N) is 1. The van der Waals surface area contributed by atoms with Gasteiger partial charge in [0.15, 0.2) is 6.04 Å². The zero-order valence-corrected chi connectivity index (χ0v) is 10.8. The Bertz CT molecular complexity index is 528. The van der Waals surface area contributed by atoms with Gasteiger partial charge in [-0.25, -0.2) is 9.59 Å². The van der Waals surface area contributed by atoms with Gasteiger partial charge in [-0.3, -0.25) is 0 Å². The highest BCUT2D eigenvalue weighted by Gasteiger charge is 2.47. The van der Waals surface area contributed by atoms with E-state index < -0.39 is 30.2 Å². The van der Waals surface area contributed by atoms with Gasteiger partial charge in [0.1, 0.15) is 0 Å². The predicted octanol–water partition coefficient (Wildman–Crippen LogP) is 0.00260. The summed E-state index contributed by atoms with van der Waals surface area (Å²) in [5.74, 6) is -1.29.